The predicted molar refractivity (Wildman–Crippen MR) is 84.5 cm³/mol. The summed E-state index contributed by atoms with van der Waals surface area (Å²) < 4.78 is 0. The van der Waals surface area contributed by atoms with Crippen molar-refractivity contribution in [3.8, 4) is 0 Å². The summed E-state index contributed by atoms with van der Waals surface area (Å²) >= 11 is 0. The second-order valence-corrected chi connectivity index (χ2v) is 7.27. The van der Waals surface area contributed by atoms with Gasteiger partial charge in [-0.2, -0.15) is 0 Å². The van der Waals surface area contributed by atoms with Crippen LogP contribution in [-0.2, 0) is 13.1 Å². The highest BCUT2D eigenvalue weighted by atomic mass is 15.2. The first-order valence-corrected chi connectivity index (χ1v) is 7.82. The molecular formula is C17H29N3. The number of hydrogen-bond donors (Lipinski definition) is 1. The van der Waals surface area contributed by atoms with Crippen molar-refractivity contribution in [3.05, 3.63) is 29.6 Å². The minimum Gasteiger partial charge on any atom is -0.311 e. The fourth-order valence-electron chi connectivity index (χ4n) is 2.79. The van der Waals surface area contributed by atoms with E-state index in [0.717, 1.165) is 25.3 Å². The number of aromatic nitrogens is 1. The molecule has 0 unspecified atom stereocenters. The van der Waals surface area contributed by atoms with Gasteiger partial charge in [0.2, 0.25) is 0 Å². The van der Waals surface area contributed by atoms with Crippen molar-refractivity contribution >= 4 is 0 Å². The molecule has 1 fully saturated rings. The number of nitrogens with zero attached hydrogens (tertiary/aromatic N) is 2. The largest absolute Gasteiger partial charge is 0.311 e. The zero-order chi connectivity index (χ0) is 14.6. The van der Waals surface area contributed by atoms with Crippen LogP contribution in [0.15, 0.2) is 18.2 Å². The minimum absolute atomic E-state index is 0.469. The van der Waals surface area contributed by atoms with E-state index in [-0.39, 0.29) is 0 Å². The van der Waals surface area contributed by atoms with Crippen molar-refractivity contribution in [1.82, 2.24) is 15.2 Å². The summed E-state index contributed by atoms with van der Waals surface area (Å²) in [4.78, 5) is 7.30. The molecule has 20 heavy (non-hydrogen) atoms. The Bertz CT molecular complexity index is 426. The normalized spacial score (nSPS) is 18.9. The molecule has 0 atom stereocenters. The molecule has 1 aliphatic heterocycles. The molecule has 0 amide bonds. The third kappa shape index (κ3) is 4.88. The lowest BCUT2D eigenvalue weighted by molar-refractivity contribution is 0.281. The van der Waals surface area contributed by atoms with E-state index in [1.54, 1.807) is 0 Å². The van der Waals surface area contributed by atoms with Gasteiger partial charge in [0.15, 0.2) is 0 Å². The molecule has 1 aromatic rings. The van der Waals surface area contributed by atoms with Gasteiger partial charge in [0, 0.05) is 19.6 Å². The van der Waals surface area contributed by atoms with Crippen molar-refractivity contribution in [3.63, 3.8) is 0 Å². The molecule has 1 aromatic heterocycles. The van der Waals surface area contributed by atoms with E-state index in [9.17, 15) is 0 Å². The molecule has 1 saturated heterocycles. The summed E-state index contributed by atoms with van der Waals surface area (Å²) in [6, 6.07) is 6.40. The van der Waals surface area contributed by atoms with Crippen LogP contribution in [0.1, 0.15) is 45.5 Å². The van der Waals surface area contributed by atoms with E-state index in [4.69, 9.17) is 4.98 Å². The smallest absolute Gasteiger partial charge is 0.0547 e. The molecule has 0 aromatic carbocycles. The second-order valence-electron chi connectivity index (χ2n) is 7.27. The van der Waals surface area contributed by atoms with Gasteiger partial charge in [0.25, 0.3) is 0 Å². The average Bonchev–Trinajstić information content (AvgIpc) is 2.68. The van der Waals surface area contributed by atoms with Gasteiger partial charge in [-0.15, -0.1) is 0 Å². The summed E-state index contributed by atoms with van der Waals surface area (Å²) in [6.07, 6.45) is 1.29. The van der Waals surface area contributed by atoms with E-state index in [2.05, 4.69) is 56.1 Å². The van der Waals surface area contributed by atoms with Gasteiger partial charge in [0.1, 0.15) is 0 Å². The summed E-state index contributed by atoms with van der Waals surface area (Å²) in [7, 11) is 0. The summed E-state index contributed by atoms with van der Waals surface area (Å²) in [5, 5.41) is 3.46. The Kier molecular flexibility index (Phi) is 5.17. The van der Waals surface area contributed by atoms with Gasteiger partial charge in [-0.3, -0.25) is 9.88 Å². The first-order valence-electron chi connectivity index (χ1n) is 7.82. The van der Waals surface area contributed by atoms with Crippen LogP contribution in [-0.4, -0.2) is 29.5 Å². The van der Waals surface area contributed by atoms with Gasteiger partial charge < -0.3 is 5.32 Å². The lowest BCUT2D eigenvalue weighted by Crippen LogP contribution is -2.24. The van der Waals surface area contributed by atoms with Crippen LogP contribution in [0, 0.1) is 11.3 Å². The van der Waals surface area contributed by atoms with E-state index < -0.39 is 0 Å². The number of rotatable bonds is 6. The molecule has 0 bridgehead atoms. The molecule has 1 aliphatic rings. The number of pyridine rings is 1. The molecule has 2 heterocycles. The SMILES string of the molecule is CC(C)CNCc1cccc(CN2CCC(C)(C)C2)n1. The maximum Gasteiger partial charge on any atom is 0.0547 e. The Morgan fingerprint density at radius 2 is 2.05 bits per heavy atom. The molecule has 0 radical (unpaired) electrons. The van der Waals surface area contributed by atoms with E-state index in [0.29, 0.717) is 11.3 Å². The van der Waals surface area contributed by atoms with Gasteiger partial charge in [-0.1, -0.05) is 33.8 Å². The van der Waals surface area contributed by atoms with Crippen LogP contribution >= 0.6 is 0 Å². The van der Waals surface area contributed by atoms with Crippen molar-refractivity contribution in [2.75, 3.05) is 19.6 Å². The van der Waals surface area contributed by atoms with Crippen molar-refractivity contribution in [2.45, 2.75) is 47.2 Å². The fraction of sp³-hybridized carbons (Fsp3) is 0.706. The van der Waals surface area contributed by atoms with Gasteiger partial charge in [-0.05, 0) is 43.0 Å². The number of likely N-dealkylation sites (tertiary alicyclic amines) is 1. The molecule has 1 N–H and O–H groups in total. The Balaban J connectivity index is 1.86. The standard InChI is InChI=1S/C17H29N3/c1-14(2)10-18-11-15-6-5-7-16(19-15)12-20-9-8-17(3,4)13-20/h5-7,14,18H,8-13H2,1-4H3. The van der Waals surface area contributed by atoms with Crippen molar-refractivity contribution in [1.29, 1.82) is 0 Å². The maximum atomic E-state index is 4.78. The topological polar surface area (TPSA) is 28.2 Å². The number of hydrogen-bond acceptors (Lipinski definition) is 3. The summed E-state index contributed by atoms with van der Waals surface area (Å²) in [6.45, 7) is 14.5. The van der Waals surface area contributed by atoms with Crippen LogP contribution in [0.5, 0.6) is 0 Å². The molecular weight excluding hydrogens is 246 g/mol. The second kappa shape index (κ2) is 6.68. The quantitative estimate of drug-likeness (QED) is 0.865. The Morgan fingerprint density at radius 3 is 2.70 bits per heavy atom. The highest BCUT2D eigenvalue weighted by molar-refractivity contribution is 5.11. The zero-order valence-corrected chi connectivity index (χ0v) is 13.4. The Hall–Kier alpha value is -0.930. The summed E-state index contributed by atoms with van der Waals surface area (Å²) in [5.74, 6) is 0.685. The predicted octanol–water partition coefficient (Wildman–Crippen LogP) is 3.06. The third-order valence-corrected chi connectivity index (χ3v) is 3.87. The van der Waals surface area contributed by atoms with Gasteiger partial charge >= 0.3 is 0 Å². The molecule has 0 aliphatic carbocycles. The minimum atomic E-state index is 0.469. The summed E-state index contributed by atoms with van der Waals surface area (Å²) in [5.41, 5.74) is 2.82. The number of nitrogens with one attached hydrogen (secondary N) is 1. The zero-order valence-electron chi connectivity index (χ0n) is 13.4. The van der Waals surface area contributed by atoms with Crippen LogP contribution in [0.3, 0.4) is 0 Å². The first-order chi connectivity index (χ1) is 9.44. The highest BCUT2D eigenvalue weighted by Crippen LogP contribution is 2.29. The molecule has 112 valence electrons. The van der Waals surface area contributed by atoms with Crippen molar-refractivity contribution < 1.29 is 0 Å². The lowest BCUT2D eigenvalue weighted by Gasteiger charge is -2.19. The molecule has 3 nitrogen and oxygen atoms in total. The van der Waals surface area contributed by atoms with Crippen LogP contribution in [0.4, 0.5) is 0 Å². The monoisotopic (exact) mass is 275 g/mol. The average molecular weight is 275 g/mol. The molecule has 0 saturated carbocycles. The van der Waals surface area contributed by atoms with Crippen LogP contribution in [0.25, 0.3) is 0 Å². The first kappa shape index (κ1) is 15.5. The van der Waals surface area contributed by atoms with E-state index >= 15 is 0 Å². The van der Waals surface area contributed by atoms with Gasteiger partial charge in [-0.25, -0.2) is 0 Å². The Labute approximate surface area is 123 Å². The van der Waals surface area contributed by atoms with Crippen LogP contribution in [0.2, 0.25) is 0 Å². The van der Waals surface area contributed by atoms with Gasteiger partial charge in [0.05, 0.1) is 11.4 Å². The Morgan fingerprint density at radius 1 is 1.30 bits per heavy atom. The van der Waals surface area contributed by atoms with E-state index in [1.807, 2.05) is 0 Å². The maximum absolute atomic E-state index is 4.78. The molecule has 3 heteroatoms. The van der Waals surface area contributed by atoms with Crippen LogP contribution < -0.4 is 5.32 Å². The fourth-order valence-corrected chi connectivity index (χ4v) is 2.79. The third-order valence-electron chi connectivity index (χ3n) is 3.87. The van der Waals surface area contributed by atoms with E-state index in [1.165, 1.54) is 25.2 Å². The lowest BCUT2D eigenvalue weighted by atomic mass is 9.93. The molecule has 0 spiro atoms. The van der Waals surface area contributed by atoms with Crippen molar-refractivity contribution in [2.24, 2.45) is 11.3 Å². The molecule has 2 rings (SSSR count). The highest BCUT2D eigenvalue weighted by Gasteiger charge is 2.29.